The molecule has 1 aliphatic rings. The van der Waals surface area contributed by atoms with Gasteiger partial charge in [0.15, 0.2) is 11.3 Å². The summed E-state index contributed by atoms with van der Waals surface area (Å²) in [6.07, 6.45) is 3.50. The van der Waals surface area contributed by atoms with Crippen LogP contribution in [0, 0.1) is 0 Å². The van der Waals surface area contributed by atoms with Gasteiger partial charge in [0.1, 0.15) is 6.10 Å². The minimum Gasteiger partial charge on any atom is -0.480 e. The molecule has 0 aromatic carbocycles. The molecule has 4 heterocycles. The monoisotopic (exact) mass is 287 g/mol. The van der Waals surface area contributed by atoms with Gasteiger partial charge in [0.05, 0.1) is 13.3 Å². The summed E-state index contributed by atoms with van der Waals surface area (Å²) in [5.74, 6) is 1.43. The standard InChI is InChI=1S/C13H13N5O3/c1-19-11-5-4-10-14-7-8(18(10)16-11)13-15-12(17-21-13)9-3-2-6-20-9/h4-5,7,9H,2-3,6H2,1H3. The van der Waals surface area contributed by atoms with Crippen LogP contribution < -0.4 is 4.74 Å². The van der Waals surface area contributed by atoms with Crippen molar-refractivity contribution in [1.29, 1.82) is 0 Å². The zero-order valence-corrected chi connectivity index (χ0v) is 11.4. The molecule has 108 valence electrons. The highest BCUT2D eigenvalue weighted by molar-refractivity contribution is 5.54. The second kappa shape index (κ2) is 4.81. The molecule has 1 aliphatic heterocycles. The molecule has 1 saturated heterocycles. The molecule has 1 unspecified atom stereocenters. The molecule has 3 aromatic heterocycles. The van der Waals surface area contributed by atoms with E-state index in [9.17, 15) is 0 Å². The average molecular weight is 287 g/mol. The van der Waals surface area contributed by atoms with E-state index in [4.69, 9.17) is 14.0 Å². The van der Waals surface area contributed by atoms with Crippen molar-refractivity contribution in [2.75, 3.05) is 13.7 Å². The summed E-state index contributed by atoms with van der Waals surface area (Å²) in [6, 6.07) is 3.56. The molecule has 8 nitrogen and oxygen atoms in total. The number of hydrogen-bond acceptors (Lipinski definition) is 7. The summed E-state index contributed by atoms with van der Waals surface area (Å²) in [6.45, 7) is 0.739. The van der Waals surface area contributed by atoms with Gasteiger partial charge in [0.2, 0.25) is 11.7 Å². The Balaban J connectivity index is 1.75. The first kappa shape index (κ1) is 12.3. The molecule has 0 spiro atoms. The van der Waals surface area contributed by atoms with Crippen molar-refractivity contribution in [2.45, 2.75) is 18.9 Å². The van der Waals surface area contributed by atoms with Crippen LogP contribution in [0.4, 0.5) is 0 Å². The molecule has 1 fully saturated rings. The summed E-state index contributed by atoms with van der Waals surface area (Å²) in [7, 11) is 1.56. The van der Waals surface area contributed by atoms with E-state index >= 15 is 0 Å². The zero-order valence-electron chi connectivity index (χ0n) is 11.4. The Morgan fingerprint density at radius 1 is 1.38 bits per heavy atom. The molecular formula is C13H13N5O3. The van der Waals surface area contributed by atoms with Crippen LogP contribution in [0.1, 0.15) is 24.8 Å². The Morgan fingerprint density at radius 2 is 2.33 bits per heavy atom. The largest absolute Gasteiger partial charge is 0.480 e. The van der Waals surface area contributed by atoms with Crippen molar-refractivity contribution in [3.63, 3.8) is 0 Å². The third kappa shape index (κ3) is 2.04. The SMILES string of the molecule is COc1ccc2ncc(-c3nc(C4CCCO4)no3)n2n1. The molecule has 0 radical (unpaired) electrons. The van der Waals surface area contributed by atoms with Crippen molar-refractivity contribution in [2.24, 2.45) is 0 Å². The van der Waals surface area contributed by atoms with Gasteiger partial charge >= 0.3 is 0 Å². The van der Waals surface area contributed by atoms with E-state index in [-0.39, 0.29) is 6.10 Å². The molecular weight excluding hydrogens is 274 g/mol. The van der Waals surface area contributed by atoms with Crippen LogP contribution >= 0.6 is 0 Å². The second-order valence-electron chi connectivity index (χ2n) is 4.75. The predicted molar refractivity (Wildman–Crippen MR) is 70.8 cm³/mol. The van der Waals surface area contributed by atoms with Crippen molar-refractivity contribution < 1.29 is 14.0 Å². The maximum Gasteiger partial charge on any atom is 0.278 e. The van der Waals surface area contributed by atoms with Gasteiger partial charge in [-0.1, -0.05) is 5.16 Å². The van der Waals surface area contributed by atoms with Crippen molar-refractivity contribution in [3.05, 3.63) is 24.2 Å². The van der Waals surface area contributed by atoms with Crippen LogP contribution in [-0.4, -0.2) is 38.5 Å². The number of imidazole rings is 1. The lowest BCUT2D eigenvalue weighted by Crippen LogP contribution is -1.99. The molecule has 0 amide bonds. The maximum atomic E-state index is 5.55. The highest BCUT2D eigenvalue weighted by Crippen LogP contribution is 2.28. The molecule has 0 bridgehead atoms. The van der Waals surface area contributed by atoms with E-state index in [1.807, 2.05) is 6.07 Å². The van der Waals surface area contributed by atoms with Gasteiger partial charge in [-0.3, -0.25) is 0 Å². The number of nitrogens with zero attached hydrogens (tertiary/aromatic N) is 5. The Labute approximate surface area is 119 Å². The van der Waals surface area contributed by atoms with E-state index in [0.29, 0.717) is 28.9 Å². The fourth-order valence-electron chi connectivity index (χ4n) is 2.36. The third-order valence-corrected chi connectivity index (χ3v) is 3.43. The summed E-state index contributed by atoms with van der Waals surface area (Å²) in [4.78, 5) is 8.66. The van der Waals surface area contributed by atoms with Gasteiger partial charge in [0.25, 0.3) is 5.89 Å². The molecule has 3 aromatic rings. The Morgan fingerprint density at radius 3 is 3.14 bits per heavy atom. The fourth-order valence-corrected chi connectivity index (χ4v) is 2.36. The first-order valence-corrected chi connectivity index (χ1v) is 6.69. The van der Waals surface area contributed by atoms with E-state index in [1.165, 1.54) is 0 Å². The van der Waals surface area contributed by atoms with Gasteiger partial charge < -0.3 is 14.0 Å². The first-order valence-electron chi connectivity index (χ1n) is 6.69. The lowest BCUT2D eigenvalue weighted by atomic mass is 10.2. The average Bonchev–Trinajstić information content (AvgIpc) is 3.24. The number of hydrogen-bond donors (Lipinski definition) is 0. The Bertz CT molecular complexity index is 775. The van der Waals surface area contributed by atoms with Crippen LogP contribution in [0.2, 0.25) is 0 Å². The molecule has 0 N–H and O–H groups in total. The number of methoxy groups -OCH3 is 1. The highest BCUT2D eigenvalue weighted by atomic mass is 16.5. The summed E-state index contributed by atoms with van der Waals surface area (Å²) in [5.41, 5.74) is 1.31. The fraction of sp³-hybridized carbons (Fsp3) is 0.385. The lowest BCUT2D eigenvalue weighted by Gasteiger charge is -2.01. The predicted octanol–water partition coefficient (Wildman–Crippen LogP) is 1.64. The lowest BCUT2D eigenvalue weighted by molar-refractivity contribution is 0.103. The van der Waals surface area contributed by atoms with Crippen LogP contribution in [0.25, 0.3) is 17.2 Å². The highest BCUT2D eigenvalue weighted by Gasteiger charge is 2.24. The van der Waals surface area contributed by atoms with Crippen LogP contribution in [0.3, 0.4) is 0 Å². The van der Waals surface area contributed by atoms with Gasteiger partial charge in [-0.2, -0.15) is 4.98 Å². The van der Waals surface area contributed by atoms with Crippen LogP contribution in [0.5, 0.6) is 5.88 Å². The quantitative estimate of drug-likeness (QED) is 0.723. The third-order valence-electron chi connectivity index (χ3n) is 3.43. The number of fused-ring (bicyclic) bond motifs is 1. The maximum absolute atomic E-state index is 5.55. The smallest absolute Gasteiger partial charge is 0.278 e. The second-order valence-corrected chi connectivity index (χ2v) is 4.75. The molecule has 4 rings (SSSR count). The Hall–Kier alpha value is -2.48. The number of ether oxygens (including phenoxy) is 2. The molecule has 0 saturated carbocycles. The molecule has 21 heavy (non-hydrogen) atoms. The minimum absolute atomic E-state index is 0.0795. The van der Waals surface area contributed by atoms with Crippen LogP contribution in [0.15, 0.2) is 22.9 Å². The Kier molecular flexibility index (Phi) is 2.81. The van der Waals surface area contributed by atoms with Crippen molar-refractivity contribution >= 4 is 5.65 Å². The number of aromatic nitrogens is 5. The molecule has 8 heteroatoms. The van der Waals surface area contributed by atoms with Crippen molar-refractivity contribution in [3.8, 4) is 17.5 Å². The van der Waals surface area contributed by atoms with E-state index in [2.05, 4.69) is 20.2 Å². The van der Waals surface area contributed by atoms with E-state index in [1.54, 1.807) is 23.9 Å². The van der Waals surface area contributed by atoms with E-state index in [0.717, 1.165) is 19.4 Å². The minimum atomic E-state index is -0.0795. The van der Waals surface area contributed by atoms with Crippen LogP contribution in [-0.2, 0) is 4.74 Å². The van der Waals surface area contributed by atoms with Gasteiger partial charge in [-0.25, -0.2) is 9.50 Å². The first-order chi connectivity index (χ1) is 10.3. The van der Waals surface area contributed by atoms with Gasteiger partial charge in [0, 0.05) is 12.7 Å². The van der Waals surface area contributed by atoms with Crippen molar-refractivity contribution in [1.82, 2.24) is 24.7 Å². The van der Waals surface area contributed by atoms with Gasteiger partial charge in [-0.15, -0.1) is 5.10 Å². The number of rotatable bonds is 3. The van der Waals surface area contributed by atoms with E-state index < -0.39 is 0 Å². The summed E-state index contributed by atoms with van der Waals surface area (Å²) >= 11 is 0. The summed E-state index contributed by atoms with van der Waals surface area (Å²) < 4.78 is 17.6. The molecule has 1 atom stereocenters. The zero-order chi connectivity index (χ0) is 14.2. The topological polar surface area (TPSA) is 87.6 Å². The molecule has 0 aliphatic carbocycles. The summed E-state index contributed by atoms with van der Waals surface area (Å²) in [5, 5.41) is 8.30. The normalized spacial score (nSPS) is 18.4. The van der Waals surface area contributed by atoms with Gasteiger partial charge in [-0.05, 0) is 18.9 Å².